The van der Waals surface area contributed by atoms with Crippen molar-refractivity contribution in [1.29, 1.82) is 0 Å². The van der Waals surface area contributed by atoms with Crippen LogP contribution in [-0.2, 0) is 11.3 Å². The third-order valence-corrected chi connectivity index (χ3v) is 5.24. The van der Waals surface area contributed by atoms with E-state index in [1.54, 1.807) is 36.3 Å². The Morgan fingerprint density at radius 2 is 2.06 bits per heavy atom. The molecule has 0 radical (unpaired) electrons. The van der Waals surface area contributed by atoms with E-state index in [9.17, 15) is 9.18 Å². The molecule has 162 valence electrons. The monoisotopic (exact) mass is 425 g/mol. The van der Waals surface area contributed by atoms with E-state index >= 15 is 0 Å². The van der Waals surface area contributed by atoms with Crippen molar-refractivity contribution >= 4 is 5.91 Å². The van der Waals surface area contributed by atoms with Gasteiger partial charge in [-0.15, -0.1) is 0 Å². The quantitative estimate of drug-likeness (QED) is 0.527. The summed E-state index contributed by atoms with van der Waals surface area (Å²) in [5.41, 5.74) is 1.16. The molecule has 0 N–H and O–H groups in total. The van der Waals surface area contributed by atoms with Gasteiger partial charge in [0.05, 0.1) is 13.7 Å². The highest BCUT2D eigenvalue weighted by Crippen LogP contribution is 2.36. The maximum absolute atomic E-state index is 14.1. The predicted molar refractivity (Wildman–Crippen MR) is 111 cm³/mol. The molecule has 1 aromatic heterocycles. The number of likely N-dealkylation sites (tertiary alicyclic amines) is 1. The van der Waals surface area contributed by atoms with Crippen LogP contribution in [0.2, 0.25) is 0 Å². The summed E-state index contributed by atoms with van der Waals surface area (Å²) in [6.45, 7) is 2.78. The van der Waals surface area contributed by atoms with Crippen molar-refractivity contribution in [2.24, 2.45) is 0 Å². The Morgan fingerprint density at radius 1 is 1.23 bits per heavy atom. The van der Waals surface area contributed by atoms with Crippen LogP contribution in [-0.4, -0.2) is 34.7 Å². The highest BCUT2D eigenvalue weighted by molar-refractivity contribution is 5.79. The van der Waals surface area contributed by atoms with E-state index in [4.69, 9.17) is 14.0 Å². The van der Waals surface area contributed by atoms with Gasteiger partial charge in [0, 0.05) is 24.1 Å². The third kappa shape index (κ3) is 4.38. The zero-order valence-electron chi connectivity index (χ0n) is 17.5. The van der Waals surface area contributed by atoms with Crippen LogP contribution in [0.4, 0.5) is 4.39 Å². The van der Waals surface area contributed by atoms with Crippen LogP contribution in [0.25, 0.3) is 11.4 Å². The number of ether oxygens (including phenoxy) is 2. The Morgan fingerprint density at radius 3 is 2.84 bits per heavy atom. The third-order valence-electron chi connectivity index (χ3n) is 5.24. The van der Waals surface area contributed by atoms with Crippen molar-refractivity contribution < 1.29 is 23.2 Å². The van der Waals surface area contributed by atoms with E-state index in [1.165, 1.54) is 6.07 Å². The molecule has 1 saturated heterocycles. The summed E-state index contributed by atoms with van der Waals surface area (Å²) in [6, 6.07) is 11.5. The molecule has 1 amide bonds. The molecule has 0 aliphatic carbocycles. The standard InChI is InChI=1S/C23H24FN3O4/c1-3-12-30-19-10-8-15(13-20(19)29-2)22-25-23(31-26-22)18-9-11-21(28)27(18)14-16-6-4-5-7-17(16)24/h4-8,10,13,18H,3,9,11-12,14H2,1-2H3. The van der Waals surface area contributed by atoms with Gasteiger partial charge in [0.15, 0.2) is 11.5 Å². The molecule has 0 bridgehead atoms. The molecule has 0 spiro atoms. The molecule has 1 fully saturated rings. The van der Waals surface area contributed by atoms with Crippen molar-refractivity contribution in [2.45, 2.75) is 38.8 Å². The molecule has 1 aliphatic rings. The minimum absolute atomic E-state index is 0.0629. The first kappa shape index (κ1) is 20.8. The number of carbonyl (C=O) groups is 1. The Balaban J connectivity index is 1.56. The number of rotatable bonds is 8. The lowest BCUT2D eigenvalue weighted by molar-refractivity contribution is -0.130. The van der Waals surface area contributed by atoms with Gasteiger partial charge >= 0.3 is 0 Å². The van der Waals surface area contributed by atoms with Crippen LogP contribution < -0.4 is 9.47 Å². The Kier molecular flexibility index (Phi) is 6.16. The van der Waals surface area contributed by atoms with E-state index in [0.717, 1.165) is 6.42 Å². The highest BCUT2D eigenvalue weighted by Gasteiger charge is 2.36. The summed E-state index contributed by atoms with van der Waals surface area (Å²) < 4.78 is 30.7. The number of methoxy groups -OCH3 is 1. The fourth-order valence-electron chi connectivity index (χ4n) is 3.62. The number of aromatic nitrogens is 2. The first-order chi connectivity index (χ1) is 15.1. The molecule has 2 aromatic carbocycles. The zero-order valence-corrected chi connectivity index (χ0v) is 17.5. The van der Waals surface area contributed by atoms with Crippen molar-refractivity contribution in [2.75, 3.05) is 13.7 Å². The minimum atomic E-state index is -0.387. The number of carbonyl (C=O) groups excluding carboxylic acids is 1. The molecule has 8 heteroatoms. The van der Waals surface area contributed by atoms with E-state index in [0.29, 0.717) is 53.8 Å². The molecule has 2 heterocycles. The number of hydrogen-bond donors (Lipinski definition) is 0. The van der Waals surface area contributed by atoms with Crippen LogP contribution in [0.5, 0.6) is 11.5 Å². The van der Waals surface area contributed by atoms with Gasteiger partial charge in [-0.05, 0) is 37.1 Å². The average molecular weight is 425 g/mol. The smallest absolute Gasteiger partial charge is 0.249 e. The summed E-state index contributed by atoms with van der Waals surface area (Å²) in [5, 5.41) is 4.09. The Hall–Kier alpha value is -3.42. The molecule has 3 aromatic rings. The Labute approximate surface area is 179 Å². The number of nitrogens with zero attached hydrogens (tertiary/aromatic N) is 3. The molecule has 1 aliphatic heterocycles. The molecule has 7 nitrogen and oxygen atoms in total. The topological polar surface area (TPSA) is 77.7 Å². The predicted octanol–water partition coefficient (Wildman–Crippen LogP) is 4.54. The van der Waals surface area contributed by atoms with Gasteiger partial charge in [-0.25, -0.2) is 4.39 Å². The molecule has 1 atom stereocenters. The van der Waals surface area contributed by atoms with Gasteiger partial charge in [0.25, 0.3) is 0 Å². The maximum atomic E-state index is 14.1. The summed E-state index contributed by atoms with van der Waals surface area (Å²) in [4.78, 5) is 18.6. The number of amides is 1. The fourth-order valence-corrected chi connectivity index (χ4v) is 3.62. The second-order valence-corrected chi connectivity index (χ2v) is 7.34. The largest absolute Gasteiger partial charge is 0.493 e. The van der Waals surface area contributed by atoms with Crippen LogP contribution in [0, 0.1) is 5.82 Å². The van der Waals surface area contributed by atoms with Gasteiger partial charge in [-0.1, -0.05) is 30.3 Å². The van der Waals surface area contributed by atoms with Crippen LogP contribution >= 0.6 is 0 Å². The lowest BCUT2D eigenvalue weighted by Gasteiger charge is -2.22. The molecule has 0 saturated carbocycles. The fraction of sp³-hybridized carbons (Fsp3) is 0.348. The van der Waals surface area contributed by atoms with Gasteiger partial charge in [0.1, 0.15) is 11.9 Å². The van der Waals surface area contributed by atoms with Crippen molar-refractivity contribution in [1.82, 2.24) is 15.0 Å². The first-order valence-corrected chi connectivity index (χ1v) is 10.3. The van der Waals surface area contributed by atoms with Gasteiger partial charge in [-0.2, -0.15) is 4.98 Å². The number of benzene rings is 2. The summed E-state index contributed by atoms with van der Waals surface area (Å²) in [6.07, 6.45) is 1.79. The summed E-state index contributed by atoms with van der Waals surface area (Å²) >= 11 is 0. The van der Waals surface area contributed by atoms with Gasteiger partial charge in [0.2, 0.25) is 17.6 Å². The number of hydrogen-bond acceptors (Lipinski definition) is 6. The van der Waals surface area contributed by atoms with E-state index in [-0.39, 0.29) is 24.3 Å². The molecule has 1 unspecified atom stereocenters. The lowest BCUT2D eigenvalue weighted by Crippen LogP contribution is -2.27. The van der Waals surface area contributed by atoms with Gasteiger partial charge in [-0.3, -0.25) is 4.79 Å². The van der Waals surface area contributed by atoms with E-state index < -0.39 is 0 Å². The maximum Gasteiger partial charge on any atom is 0.249 e. The number of halogens is 1. The van der Waals surface area contributed by atoms with Crippen molar-refractivity contribution in [3.63, 3.8) is 0 Å². The molecular formula is C23H24FN3O4. The summed E-state index contributed by atoms with van der Waals surface area (Å²) in [7, 11) is 1.57. The molecular weight excluding hydrogens is 401 g/mol. The van der Waals surface area contributed by atoms with E-state index in [2.05, 4.69) is 10.1 Å². The van der Waals surface area contributed by atoms with E-state index in [1.807, 2.05) is 19.1 Å². The van der Waals surface area contributed by atoms with Crippen LogP contribution in [0.15, 0.2) is 47.0 Å². The second-order valence-electron chi connectivity index (χ2n) is 7.34. The SMILES string of the molecule is CCCOc1ccc(-c2noc(C3CCC(=O)N3Cc3ccccc3F)n2)cc1OC. The van der Waals surface area contributed by atoms with Crippen molar-refractivity contribution in [3.05, 3.63) is 59.7 Å². The van der Waals surface area contributed by atoms with Crippen LogP contribution in [0.1, 0.15) is 43.7 Å². The zero-order chi connectivity index (χ0) is 21.8. The normalized spacial score (nSPS) is 16.0. The highest BCUT2D eigenvalue weighted by atomic mass is 19.1. The lowest BCUT2D eigenvalue weighted by atomic mass is 10.1. The molecule has 31 heavy (non-hydrogen) atoms. The summed E-state index contributed by atoms with van der Waals surface area (Å²) in [5.74, 6) is 1.54. The van der Waals surface area contributed by atoms with Crippen molar-refractivity contribution in [3.8, 4) is 22.9 Å². The second kappa shape index (κ2) is 9.16. The Bertz CT molecular complexity index is 1070. The van der Waals surface area contributed by atoms with Gasteiger partial charge < -0.3 is 18.9 Å². The van der Waals surface area contributed by atoms with Crippen LogP contribution in [0.3, 0.4) is 0 Å². The molecule has 4 rings (SSSR count). The average Bonchev–Trinajstić information content (AvgIpc) is 3.41. The minimum Gasteiger partial charge on any atom is -0.493 e. The first-order valence-electron chi connectivity index (χ1n) is 10.3.